The van der Waals surface area contributed by atoms with Crippen LogP contribution in [0.1, 0.15) is 39.0 Å². The fourth-order valence-corrected chi connectivity index (χ4v) is 2.15. The van der Waals surface area contributed by atoms with Gasteiger partial charge in [-0.2, -0.15) is 0 Å². The third-order valence-corrected chi connectivity index (χ3v) is 2.96. The second-order valence-electron chi connectivity index (χ2n) is 4.03. The molecule has 0 spiro atoms. The zero-order valence-corrected chi connectivity index (χ0v) is 9.55. The summed E-state index contributed by atoms with van der Waals surface area (Å²) in [4.78, 5) is 11.9. The zero-order valence-electron chi connectivity index (χ0n) is 9.55. The second-order valence-corrected chi connectivity index (χ2v) is 4.03. The van der Waals surface area contributed by atoms with Gasteiger partial charge in [-0.25, -0.2) is 0 Å². The normalized spacial score (nSPS) is 19.5. The third-order valence-electron chi connectivity index (χ3n) is 2.96. The number of esters is 1. The van der Waals surface area contributed by atoms with Crippen LogP contribution >= 0.6 is 0 Å². The van der Waals surface area contributed by atoms with Gasteiger partial charge in [0.25, 0.3) is 0 Å². The monoisotopic (exact) mass is 211 g/mol. The molecule has 0 atom stereocenters. The van der Waals surface area contributed by atoms with E-state index in [2.05, 4.69) is 11.9 Å². The summed E-state index contributed by atoms with van der Waals surface area (Å²) in [5.41, 5.74) is -0.442. The van der Waals surface area contributed by atoms with Gasteiger partial charge in [0.1, 0.15) is 5.54 Å². The molecule has 3 nitrogen and oxygen atoms in total. The van der Waals surface area contributed by atoms with E-state index in [9.17, 15) is 4.79 Å². The van der Waals surface area contributed by atoms with Crippen molar-refractivity contribution in [3.8, 4) is 0 Å². The molecule has 0 saturated heterocycles. The molecule has 15 heavy (non-hydrogen) atoms. The minimum atomic E-state index is -0.442. The van der Waals surface area contributed by atoms with Gasteiger partial charge in [0.15, 0.2) is 0 Å². The summed E-state index contributed by atoms with van der Waals surface area (Å²) in [6.07, 6.45) is 6.98. The van der Waals surface area contributed by atoms with Crippen molar-refractivity contribution in [2.45, 2.75) is 44.6 Å². The van der Waals surface area contributed by atoms with E-state index >= 15 is 0 Å². The molecule has 0 amide bonds. The van der Waals surface area contributed by atoms with E-state index < -0.39 is 5.54 Å². The van der Waals surface area contributed by atoms with Crippen LogP contribution in [0.4, 0.5) is 0 Å². The van der Waals surface area contributed by atoms with Crippen LogP contribution in [0.25, 0.3) is 0 Å². The summed E-state index contributed by atoms with van der Waals surface area (Å²) in [5, 5.41) is 3.28. The van der Waals surface area contributed by atoms with E-state index in [0.29, 0.717) is 13.2 Å². The van der Waals surface area contributed by atoms with Crippen LogP contribution in [0.2, 0.25) is 0 Å². The molecule has 0 aromatic heterocycles. The third kappa shape index (κ3) is 3.06. The Hall–Kier alpha value is -0.830. The molecule has 1 aliphatic rings. The number of carbonyl (C=O) groups is 1. The van der Waals surface area contributed by atoms with Gasteiger partial charge in [0.2, 0.25) is 0 Å². The van der Waals surface area contributed by atoms with Gasteiger partial charge in [0, 0.05) is 6.54 Å². The number of hydrogen-bond acceptors (Lipinski definition) is 3. The summed E-state index contributed by atoms with van der Waals surface area (Å²) >= 11 is 0. The van der Waals surface area contributed by atoms with Gasteiger partial charge < -0.3 is 4.74 Å². The van der Waals surface area contributed by atoms with Crippen molar-refractivity contribution in [1.82, 2.24) is 5.32 Å². The summed E-state index contributed by atoms with van der Waals surface area (Å²) in [7, 11) is 0. The summed E-state index contributed by atoms with van der Waals surface area (Å²) in [6.45, 7) is 6.64. The highest BCUT2D eigenvalue weighted by molar-refractivity contribution is 5.81. The Morgan fingerprint density at radius 3 is 2.67 bits per heavy atom. The van der Waals surface area contributed by atoms with Crippen LogP contribution in [0.15, 0.2) is 12.7 Å². The average molecular weight is 211 g/mol. The van der Waals surface area contributed by atoms with E-state index in [0.717, 1.165) is 25.7 Å². The maximum absolute atomic E-state index is 11.9. The maximum atomic E-state index is 11.9. The minimum Gasteiger partial charge on any atom is -0.465 e. The molecule has 86 valence electrons. The molecule has 0 aromatic rings. The SMILES string of the molecule is C=CCNC1(C(=O)OCC)CCCCC1. The molecule has 0 heterocycles. The molecule has 0 bridgehead atoms. The molecule has 1 saturated carbocycles. The topological polar surface area (TPSA) is 38.3 Å². The lowest BCUT2D eigenvalue weighted by Gasteiger charge is -2.35. The number of hydrogen-bond donors (Lipinski definition) is 1. The van der Waals surface area contributed by atoms with E-state index in [-0.39, 0.29) is 5.97 Å². The summed E-state index contributed by atoms with van der Waals surface area (Å²) < 4.78 is 5.15. The van der Waals surface area contributed by atoms with Crippen molar-refractivity contribution in [1.29, 1.82) is 0 Å². The van der Waals surface area contributed by atoms with Crippen LogP contribution in [0.3, 0.4) is 0 Å². The fraction of sp³-hybridized carbons (Fsp3) is 0.750. The van der Waals surface area contributed by atoms with Crippen LogP contribution in [0, 0.1) is 0 Å². The maximum Gasteiger partial charge on any atom is 0.326 e. The van der Waals surface area contributed by atoms with Gasteiger partial charge in [0.05, 0.1) is 6.61 Å². The number of nitrogens with one attached hydrogen (secondary N) is 1. The molecule has 1 rings (SSSR count). The molecule has 1 fully saturated rings. The Bertz CT molecular complexity index is 220. The van der Waals surface area contributed by atoms with Crippen LogP contribution < -0.4 is 5.32 Å². The second kappa shape index (κ2) is 5.91. The molecule has 3 heteroatoms. The average Bonchev–Trinajstić information content (AvgIpc) is 2.28. The Labute approximate surface area is 91.9 Å². The van der Waals surface area contributed by atoms with E-state index in [1.165, 1.54) is 6.42 Å². The van der Waals surface area contributed by atoms with Gasteiger partial charge in [-0.15, -0.1) is 6.58 Å². The van der Waals surface area contributed by atoms with Crippen molar-refractivity contribution in [3.63, 3.8) is 0 Å². The van der Waals surface area contributed by atoms with Gasteiger partial charge in [-0.05, 0) is 19.8 Å². The van der Waals surface area contributed by atoms with Crippen LogP contribution in [-0.2, 0) is 9.53 Å². The van der Waals surface area contributed by atoms with E-state index in [4.69, 9.17) is 4.74 Å². The molecule has 0 unspecified atom stereocenters. The highest BCUT2D eigenvalue weighted by Crippen LogP contribution is 2.29. The molecule has 0 radical (unpaired) electrons. The number of carbonyl (C=O) groups excluding carboxylic acids is 1. The Balaban J connectivity index is 2.64. The van der Waals surface area contributed by atoms with Crippen molar-refractivity contribution >= 4 is 5.97 Å². The van der Waals surface area contributed by atoms with Crippen LogP contribution in [-0.4, -0.2) is 24.7 Å². The first-order chi connectivity index (χ1) is 7.25. The van der Waals surface area contributed by atoms with Gasteiger partial charge in [-0.1, -0.05) is 25.3 Å². The van der Waals surface area contributed by atoms with Gasteiger partial charge in [-0.3, -0.25) is 10.1 Å². The molecular weight excluding hydrogens is 190 g/mol. The zero-order chi connectivity index (χ0) is 11.1. The minimum absolute atomic E-state index is 0.0912. The highest BCUT2D eigenvalue weighted by atomic mass is 16.5. The molecule has 0 aromatic carbocycles. The molecule has 0 aliphatic heterocycles. The number of rotatable bonds is 5. The first-order valence-corrected chi connectivity index (χ1v) is 5.78. The lowest BCUT2D eigenvalue weighted by molar-refractivity contribution is -0.152. The van der Waals surface area contributed by atoms with Crippen molar-refractivity contribution in [3.05, 3.63) is 12.7 Å². The quantitative estimate of drug-likeness (QED) is 0.558. The fourth-order valence-electron chi connectivity index (χ4n) is 2.15. The Kier molecular flexibility index (Phi) is 4.82. The standard InChI is InChI=1S/C12H21NO2/c1-3-10-13-12(11(14)15-4-2)8-6-5-7-9-12/h3,13H,1,4-10H2,2H3. The smallest absolute Gasteiger partial charge is 0.326 e. The van der Waals surface area contributed by atoms with Crippen molar-refractivity contribution < 1.29 is 9.53 Å². The summed E-state index contributed by atoms with van der Waals surface area (Å²) in [5.74, 6) is -0.0912. The largest absolute Gasteiger partial charge is 0.465 e. The Morgan fingerprint density at radius 2 is 2.13 bits per heavy atom. The lowest BCUT2D eigenvalue weighted by Crippen LogP contribution is -2.54. The number of ether oxygens (including phenoxy) is 1. The van der Waals surface area contributed by atoms with E-state index in [1.807, 2.05) is 6.92 Å². The molecule has 1 N–H and O–H groups in total. The predicted molar refractivity (Wildman–Crippen MR) is 60.6 cm³/mol. The van der Waals surface area contributed by atoms with E-state index in [1.54, 1.807) is 6.08 Å². The molecule has 1 aliphatic carbocycles. The van der Waals surface area contributed by atoms with Crippen molar-refractivity contribution in [2.75, 3.05) is 13.2 Å². The molecular formula is C12H21NO2. The van der Waals surface area contributed by atoms with Gasteiger partial charge >= 0.3 is 5.97 Å². The lowest BCUT2D eigenvalue weighted by atomic mass is 9.81. The summed E-state index contributed by atoms with van der Waals surface area (Å²) in [6, 6.07) is 0. The first-order valence-electron chi connectivity index (χ1n) is 5.78. The highest BCUT2D eigenvalue weighted by Gasteiger charge is 2.39. The Morgan fingerprint density at radius 1 is 1.47 bits per heavy atom. The van der Waals surface area contributed by atoms with Crippen molar-refractivity contribution in [2.24, 2.45) is 0 Å². The predicted octanol–water partition coefficient (Wildman–Crippen LogP) is 2.03. The van der Waals surface area contributed by atoms with Crippen LogP contribution in [0.5, 0.6) is 0 Å². The first kappa shape index (κ1) is 12.2.